The van der Waals surface area contributed by atoms with Crippen molar-refractivity contribution in [1.29, 1.82) is 0 Å². The van der Waals surface area contributed by atoms with Crippen molar-refractivity contribution in [1.82, 2.24) is 5.32 Å². The highest BCUT2D eigenvalue weighted by Gasteiger charge is 2.44. The first kappa shape index (κ1) is 15.0. The van der Waals surface area contributed by atoms with E-state index < -0.39 is 5.97 Å². The third-order valence-electron chi connectivity index (χ3n) is 4.85. The van der Waals surface area contributed by atoms with E-state index in [2.05, 4.69) is 5.32 Å². The van der Waals surface area contributed by atoms with Crippen LogP contribution in [-0.2, 0) is 9.59 Å². The third kappa shape index (κ3) is 3.29. The summed E-state index contributed by atoms with van der Waals surface area (Å²) in [6.07, 6.45) is 3.54. The Kier molecular flexibility index (Phi) is 4.14. The summed E-state index contributed by atoms with van der Waals surface area (Å²) in [6, 6.07) is 6.43. The fourth-order valence-corrected chi connectivity index (χ4v) is 3.36. The van der Waals surface area contributed by atoms with Crippen molar-refractivity contribution in [3.8, 4) is 0 Å². The van der Waals surface area contributed by atoms with Crippen LogP contribution in [-0.4, -0.2) is 23.0 Å². The summed E-state index contributed by atoms with van der Waals surface area (Å²) >= 11 is 0. The maximum Gasteiger partial charge on any atom is 0.306 e. The zero-order valence-corrected chi connectivity index (χ0v) is 12.3. The van der Waals surface area contributed by atoms with Gasteiger partial charge >= 0.3 is 5.97 Å². The lowest BCUT2D eigenvalue weighted by Gasteiger charge is -2.26. The van der Waals surface area contributed by atoms with E-state index in [4.69, 9.17) is 5.11 Å². The first-order chi connectivity index (χ1) is 10.5. The van der Waals surface area contributed by atoms with Gasteiger partial charge in [-0.1, -0.05) is 12.1 Å². The quantitative estimate of drug-likeness (QED) is 0.899. The van der Waals surface area contributed by atoms with Crippen molar-refractivity contribution in [3.05, 3.63) is 35.6 Å². The Hall–Kier alpha value is -1.91. The number of carbonyl (C=O) groups excluding carboxylic acids is 1. The molecule has 4 nitrogen and oxygen atoms in total. The van der Waals surface area contributed by atoms with E-state index in [1.54, 1.807) is 12.1 Å². The van der Waals surface area contributed by atoms with Crippen LogP contribution in [0, 0.1) is 17.7 Å². The second kappa shape index (κ2) is 6.07. The normalized spacial score (nSPS) is 30.6. The predicted octanol–water partition coefficient (Wildman–Crippen LogP) is 2.69. The molecule has 3 rings (SSSR count). The number of rotatable bonds is 4. The molecule has 0 radical (unpaired) electrons. The molecule has 1 aromatic carbocycles. The molecule has 0 heterocycles. The molecular formula is C17H20FNO3. The average Bonchev–Trinajstić information content (AvgIpc) is 3.29. The molecule has 5 heteroatoms. The second-order valence-corrected chi connectivity index (χ2v) is 6.40. The van der Waals surface area contributed by atoms with Gasteiger partial charge in [-0.05, 0) is 55.7 Å². The standard InChI is InChI=1S/C17H20FNO3/c18-12-5-1-10(2-6-12)14-9-15(14)16(20)19-13-7-3-11(4-8-13)17(21)22/h1-2,5-6,11,13-15H,3-4,7-9H2,(H,19,20)(H,21,22). The van der Waals surface area contributed by atoms with Gasteiger partial charge in [-0.15, -0.1) is 0 Å². The molecule has 1 amide bonds. The van der Waals surface area contributed by atoms with E-state index >= 15 is 0 Å². The van der Waals surface area contributed by atoms with E-state index in [-0.39, 0.29) is 35.5 Å². The van der Waals surface area contributed by atoms with Crippen LogP contribution in [0.3, 0.4) is 0 Å². The van der Waals surface area contributed by atoms with Crippen LogP contribution in [0.1, 0.15) is 43.6 Å². The number of hydrogen-bond acceptors (Lipinski definition) is 2. The molecule has 2 saturated carbocycles. The van der Waals surface area contributed by atoms with Crippen LogP contribution in [0.2, 0.25) is 0 Å². The topological polar surface area (TPSA) is 66.4 Å². The number of carboxylic acid groups (broad SMARTS) is 1. The lowest BCUT2D eigenvalue weighted by Crippen LogP contribution is -2.39. The van der Waals surface area contributed by atoms with Gasteiger partial charge in [0.15, 0.2) is 0 Å². The van der Waals surface area contributed by atoms with E-state index in [9.17, 15) is 14.0 Å². The summed E-state index contributed by atoms with van der Waals surface area (Å²) in [5.41, 5.74) is 1.01. The lowest BCUT2D eigenvalue weighted by atomic mass is 9.86. The maximum atomic E-state index is 12.9. The Morgan fingerprint density at radius 1 is 1.09 bits per heavy atom. The molecule has 2 aliphatic carbocycles. The number of hydrogen-bond donors (Lipinski definition) is 2. The monoisotopic (exact) mass is 305 g/mol. The maximum absolute atomic E-state index is 12.9. The number of carboxylic acids is 1. The minimum absolute atomic E-state index is 0.0253. The number of nitrogens with one attached hydrogen (secondary N) is 1. The molecule has 0 spiro atoms. The van der Waals surface area contributed by atoms with E-state index in [1.807, 2.05) is 0 Å². The van der Waals surface area contributed by atoms with E-state index in [0.717, 1.165) is 24.8 Å². The minimum Gasteiger partial charge on any atom is -0.481 e. The number of benzene rings is 1. The molecule has 2 fully saturated rings. The Balaban J connectivity index is 1.48. The van der Waals surface area contributed by atoms with Crippen molar-refractivity contribution in [2.75, 3.05) is 0 Å². The van der Waals surface area contributed by atoms with Gasteiger partial charge in [0.05, 0.1) is 5.92 Å². The third-order valence-corrected chi connectivity index (χ3v) is 4.85. The molecule has 118 valence electrons. The molecule has 2 aliphatic rings. The molecule has 0 aliphatic heterocycles. The Labute approximate surface area is 128 Å². The van der Waals surface area contributed by atoms with E-state index in [1.165, 1.54) is 12.1 Å². The highest BCUT2D eigenvalue weighted by Crippen LogP contribution is 2.47. The van der Waals surface area contributed by atoms with Crippen LogP contribution in [0.4, 0.5) is 4.39 Å². The molecule has 2 N–H and O–H groups in total. The van der Waals surface area contributed by atoms with Crippen molar-refractivity contribution < 1.29 is 19.1 Å². The molecule has 1 aromatic rings. The highest BCUT2D eigenvalue weighted by atomic mass is 19.1. The van der Waals surface area contributed by atoms with Gasteiger partial charge in [0.1, 0.15) is 5.82 Å². The molecule has 0 saturated heterocycles. The molecule has 2 unspecified atom stereocenters. The van der Waals surface area contributed by atoms with Gasteiger partial charge in [0.25, 0.3) is 0 Å². The molecule has 22 heavy (non-hydrogen) atoms. The predicted molar refractivity (Wildman–Crippen MR) is 78.8 cm³/mol. The summed E-state index contributed by atoms with van der Waals surface area (Å²) in [4.78, 5) is 23.1. The van der Waals surface area contributed by atoms with Crippen molar-refractivity contribution in [3.63, 3.8) is 0 Å². The summed E-state index contributed by atoms with van der Waals surface area (Å²) < 4.78 is 12.9. The molecule has 0 bridgehead atoms. The second-order valence-electron chi connectivity index (χ2n) is 6.40. The van der Waals surface area contributed by atoms with Gasteiger partial charge < -0.3 is 10.4 Å². The lowest BCUT2D eigenvalue weighted by molar-refractivity contribution is -0.142. The molecule has 0 aromatic heterocycles. The van der Waals surface area contributed by atoms with Gasteiger partial charge in [-0.3, -0.25) is 9.59 Å². The van der Waals surface area contributed by atoms with Crippen LogP contribution in [0.15, 0.2) is 24.3 Å². The number of carbonyl (C=O) groups is 2. The Bertz CT molecular complexity index is 564. The van der Waals surface area contributed by atoms with Crippen molar-refractivity contribution >= 4 is 11.9 Å². The number of amides is 1. The first-order valence-electron chi connectivity index (χ1n) is 7.83. The van der Waals surface area contributed by atoms with Crippen LogP contribution in [0.5, 0.6) is 0 Å². The van der Waals surface area contributed by atoms with Crippen molar-refractivity contribution in [2.45, 2.75) is 44.1 Å². The fourth-order valence-electron chi connectivity index (χ4n) is 3.36. The number of aliphatic carboxylic acids is 1. The van der Waals surface area contributed by atoms with Crippen LogP contribution >= 0.6 is 0 Å². The smallest absolute Gasteiger partial charge is 0.306 e. The van der Waals surface area contributed by atoms with Gasteiger partial charge in [-0.2, -0.15) is 0 Å². The van der Waals surface area contributed by atoms with Gasteiger partial charge in [-0.25, -0.2) is 4.39 Å². The van der Waals surface area contributed by atoms with E-state index in [0.29, 0.717) is 12.8 Å². The first-order valence-corrected chi connectivity index (χ1v) is 7.83. The largest absolute Gasteiger partial charge is 0.481 e. The van der Waals surface area contributed by atoms with Crippen molar-refractivity contribution in [2.24, 2.45) is 11.8 Å². The summed E-state index contributed by atoms with van der Waals surface area (Å²) in [5.74, 6) is -1.04. The van der Waals surface area contributed by atoms with Gasteiger partial charge in [0, 0.05) is 12.0 Å². The highest BCUT2D eigenvalue weighted by molar-refractivity contribution is 5.83. The number of halogens is 1. The van der Waals surface area contributed by atoms with Gasteiger partial charge in [0.2, 0.25) is 5.91 Å². The summed E-state index contributed by atoms with van der Waals surface area (Å²) in [5, 5.41) is 12.0. The van der Waals surface area contributed by atoms with Crippen LogP contribution < -0.4 is 5.32 Å². The average molecular weight is 305 g/mol. The van der Waals surface area contributed by atoms with Crippen LogP contribution in [0.25, 0.3) is 0 Å². The summed E-state index contributed by atoms with van der Waals surface area (Å²) in [6.45, 7) is 0. The molecular weight excluding hydrogens is 285 g/mol. The Morgan fingerprint density at radius 3 is 2.32 bits per heavy atom. The molecule has 2 atom stereocenters. The zero-order valence-electron chi connectivity index (χ0n) is 12.3. The zero-order chi connectivity index (χ0) is 15.7. The summed E-state index contributed by atoms with van der Waals surface area (Å²) in [7, 11) is 0. The minimum atomic E-state index is -0.733. The SMILES string of the molecule is O=C(O)C1CCC(NC(=O)C2CC2c2ccc(F)cc2)CC1. The Morgan fingerprint density at radius 2 is 1.73 bits per heavy atom. The fraction of sp³-hybridized carbons (Fsp3) is 0.529.